The summed E-state index contributed by atoms with van der Waals surface area (Å²) >= 11 is 6.52. The summed E-state index contributed by atoms with van der Waals surface area (Å²) < 4.78 is 6.72. The number of hydrogen-bond donors (Lipinski definition) is 3. The van der Waals surface area contributed by atoms with Crippen molar-refractivity contribution < 1.29 is 14.3 Å². The fraction of sp³-hybridized carbons (Fsp3) is 0.0909. The molecule has 2 aromatic carbocycles. The van der Waals surface area contributed by atoms with Gasteiger partial charge in [-0.15, -0.1) is 0 Å². The molecule has 5 rings (SSSR count). The predicted molar refractivity (Wildman–Crippen MR) is 127 cm³/mol. The third kappa shape index (κ3) is 4.11. The van der Waals surface area contributed by atoms with E-state index in [9.17, 15) is 14.7 Å². The van der Waals surface area contributed by atoms with Crippen molar-refractivity contribution in [3.05, 3.63) is 85.1 Å². The van der Waals surface area contributed by atoms with Gasteiger partial charge in [0.1, 0.15) is 22.5 Å². The summed E-state index contributed by atoms with van der Waals surface area (Å²) in [5.74, 6) is 0.624. The number of hydrogen-bond acceptors (Lipinski definition) is 6. The van der Waals surface area contributed by atoms with Crippen LogP contribution in [0.3, 0.4) is 0 Å². The molecule has 3 N–H and O–H groups in total. The smallest absolute Gasteiger partial charge is 0.261 e. The van der Waals surface area contributed by atoms with E-state index < -0.39 is 0 Å². The van der Waals surface area contributed by atoms with E-state index in [-0.39, 0.29) is 17.1 Å². The van der Waals surface area contributed by atoms with Gasteiger partial charge in [0.2, 0.25) is 0 Å². The number of aromatic hydroxyl groups is 1. The maximum atomic E-state index is 12.9. The molecule has 0 spiro atoms. The minimum Gasteiger partial charge on any atom is -0.506 e. The molecule has 0 fully saturated rings. The standard InChI is InChI=1S/C17H12Br2O3.C5H4N4O/c1-2-13-15(10-5-3-4-6-14(10)22-13)16(20)9-7-11(18)17(21)12(19)8-9;10-5-3-1-8-9-4(3)6-2-7-5/h3-8,21H,2H2,1H3;1-2H,(H2,6,7,8,9,10). The first-order valence-electron chi connectivity index (χ1n) is 9.50. The molecule has 0 unspecified atom stereocenters. The lowest BCUT2D eigenvalue weighted by Gasteiger charge is -2.06. The van der Waals surface area contributed by atoms with Gasteiger partial charge in [0.05, 0.1) is 27.0 Å². The number of benzene rings is 2. The Morgan fingerprint density at radius 2 is 1.88 bits per heavy atom. The second kappa shape index (κ2) is 9.09. The van der Waals surface area contributed by atoms with E-state index in [0.29, 0.717) is 48.9 Å². The summed E-state index contributed by atoms with van der Waals surface area (Å²) in [5, 5.41) is 17.3. The summed E-state index contributed by atoms with van der Waals surface area (Å²) in [6.45, 7) is 1.96. The number of fused-ring (bicyclic) bond motifs is 2. The van der Waals surface area contributed by atoms with E-state index in [1.54, 1.807) is 12.1 Å². The number of phenolic OH excluding ortho intramolecular Hbond substituents is 1. The molecule has 0 radical (unpaired) electrons. The Morgan fingerprint density at radius 1 is 1.16 bits per heavy atom. The highest BCUT2D eigenvalue weighted by Gasteiger charge is 2.22. The van der Waals surface area contributed by atoms with Crippen LogP contribution < -0.4 is 5.56 Å². The van der Waals surface area contributed by atoms with Crippen molar-refractivity contribution in [2.75, 3.05) is 0 Å². The lowest BCUT2D eigenvalue weighted by Crippen LogP contribution is -2.04. The Kier molecular flexibility index (Phi) is 6.24. The van der Waals surface area contributed by atoms with Crippen LogP contribution in [0.2, 0.25) is 0 Å². The first-order chi connectivity index (χ1) is 15.4. The number of aromatic amines is 2. The zero-order valence-corrected chi connectivity index (χ0v) is 19.8. The van der Waals surface area contributed by atoms with Crippen LogP contribution in [0.1, 0.15) is 28.6 Å². The summed E-state index contributed by atoms with van der Waals surface area (Å²) in [4.78, 5) is 30.1. The Hall–Kier alpha value is -3.24. The number of nitrogens with one attached hydrogen (secondary N) is 2. The largest absolute Gasteiger partial charge is 0.506 e. The average Bonchev–Trinajstić information content (AvgIpc) is 3.42. The second-order valence-corrected chi connectivity index (χ2v) is 8.44. The van der Waals surface area contributed by atoms with Gasteiger partial charge in [-0.2, -0.15) is 5.10 Å². The third-order valence-electron chi connectivity index (χ3n) is 4.75. The number of ketones is 1. The molecule has 3 heterocycles. The molecule has 0 amide bonds. The van der Waals surface area contributed by atoms with Crippen molar-refractivity contribution in [1.82, 2.24) is 20.2 Å². The van der Waals surface area contributed by atoms with Gasteiger partial charge in [-0.1, -0.05) is 25.1 Å². The SMILES string of the molecule is CCc1oc2ccccc2c1C(=O)c1cc(Br)c(O)c(Br)c1.O=c1[nH]cnc2[nH]ncc12. The van der Waals surface area contributed by atoms with E-state index in [4.69, 9.17) is 4.42 Å². The topological polar surface area (TPSA) is 125 Å². The second-order valence-electron chi connectivity index (χ2n) is 6.73. The van der Waals surface area contributed by atoms with Crippen molar-refractivity contribution in [2.45, 2.75) is 13.3 Å². The molecule has 10 heteroatoms. The molecule has 0 saturated heterocycles. The number of aromatic nitrogens is 4. The maximum Gasteiger partial charge on any atom is 0.261 e. The van der Waals surface area contributed by atoms with Crippen molar-refractivity contribution in [3.63, 3.8) is 0 Å². The van der Waals surface area contributed by atoms with Crippen molar-refractivity contribution in [2.24, 2.45) is 0 Å². The Balaban J connectivity index is 0.000000203. The molecule has 3 aromatic heterocycles. The van der Waals surface area contributed by atoms with Gasteiger partial charge in [-0.25, -0.2) is 4.98 Å². The number of phenols is 1. The van der Waals surface area contributed by atoms with Crippen LogP contribution in [0, 0.1) is 0 Å². The Bertz CT molecular complexity index is 1480. The molecule has 0 aliphatic carbocycles. The summed E-state index contributed by atoms with van der Waals surface area (Å²) in [7, 11) is 0. The number of furan rings is 1. The molecule has 0 saturated carbocycles. The highest BCUT2D eigenvalue weighted by atomic mass is 79.9. The van der Waals surface area contributed by atoms with Gasteiger partial charge >= 0.3 is 0 Å². The minimum atomic E-state index is -0.168. The molecule has 0 atom stereocenters. The lowest BCUT2D eigenvalue weighted by atomic mass is 9.99. The molecule has 0 aliphatic rings. The van der Waals surface area contributed by atoms with Gasteiger partial charge in [0, 0.05) is 17.4 Å². The number of carbonyl (C=O) groups excluding carboxylic acids is 1. The molecular formula is C22H16Br2N4O4. The number of H-pyrrole nitrogens is 2. The molecule has 0 aliphatic heterocycles. The van der Waals surface area contributed by atoms with Gasteiger partial charge in [-0.05, 0) is 50.1 Å². The molecule has 0 bridgehead atoms. The van der Waals surface area contributed by atoms with Crippen molar-refractivity contribution in [1.29, 1.82) is 0 Å². The van der Waals surface area contributed by atoms with E-state index in [0.717, 1.165) is 5.39 Å². The van der Waals surface area contributed by atoms with Gasteiger partial charge in [0.25, 0.3) is 5.56 Å². The number of halogens is 2. The van der Waals surface area contributed by atoms with Crippen molar-refractivity contribution >= 4 is 59.6 Å². The quantitative estimate of drug-likeness (QED) is 0.264. The van der Waals surface area contributed by atoms with Crippen LogP contribution in [0.15, 0.2) is 67.1 Å². The van der Waals surface area contributed by atoms with E-state index >= 15 is 0 Å². The molecule has 5 aromatic rings. The monoisotopic (exact) mass is 558 g/mol. The first kappa shape index (κ1) is 22.0. The van der Waals surface area contributed by atoms with Gasteiger partial charge in [-0.3, -0.25) is 14.7 Å². The van der Waals surface area contributed by atoms with Crippen molar-refractivity contribution in [3.8, 4) is 5.75 Å². The summed E-state index contributed by atoms with van der Waals surface area (Å²) in [5.41, 5.74) is 2.13. The minimum absolute atomic E-state index is 0.0734. The lowest BCUT2D eigenvalue weighted by molar-refractivity contribution is 0.103. The number of carbonyl (C=O) groups is 1. The van der Waals surface area contributed by atoms with Gasteiger partial charge < -0.3 is 14.5 Å². The molecular weight excluding hydrogens is 544 g/mol. The molecule has 32 heavy (non-hydrogen) atoms. The number of aryl methyl sites for hydroxylation is 1. The fourth-order valence-electron chi connectivity index (χ4n) is 3.21. The molecule has 8 nitrogen and oxygen atoms in total. The first-order valence-corrected chi connectivity index (χ1v) is 11.1. The number of rotatable bonds is 3. The summed E-state index contributed by atoms with van der Waals surface area (Å²) in [6.07, 6.45) is 3.42. The normalized spacial score (nSPS) is 10.8. The van der Waals surface area contributed by atoms with E-state index in [2.05, 4.69) is 52.0 Å². The zero-order valence-electron chi connectivity index (χ0n) is 16.6. The van der Waals surface area contributed by atoms with E-state index in [1.165, 1.54) is 12.5 Å². The van der Waals surface area contributed by atoms with Gasteiger partial charge in [0.15, 0.2) is 11.4 Å². The number of nitrogens with zero attached hydrogens (tertiary/aromatic N) is 2. The van der Waals surface area contributed by atoms with Crippen LogP contribution in [0.25, 0.3) is 22.0 Å². The zero-order chi connectivity index (χ0) is 22.8. The van der Waals surface area contributed by atoms with Crippen LogP contribution in [0.5, 0.6) is 5.75 Å². The van der Waals surface area contributed by atoms with Crippen LogP contribution in [0.4, 0.5) is 0 Å². The maximum absolute atomic E-state index is 12.9. The Labute approximate surface area is 197 Å². The third-order valence-corrected chi connectivity index (χ3v) is 5.96. The predicted octanol–water partition coefficient (Wildman–Crippen LogP) is 5.10. The molecule has 162 valence electrons. The Morgan fingerprint density at radius 3 is 2.56 bits per heavy atom. The van der Waals surface area contributed by atoms with Crippen LogP contribution in [-0.4, -0.2) is 31.1 Å². The average molecular weight is 560 g/mol. The fourth-order valence-corrected chi connectivity index (χ4v) is 4.40. The summed E-state index contributed by atoms with van der Waals surface area (Å²) in [6, 6.07) is 10.7. The number of para-hydroxylation sites is 1. The van der Waals surface area contributed by atoms with Crippen LogP contribution in [-0.2, 0) is 6.42 Å². The highest BCUT2D eigenvalue weighted by molar-refractivity contribution is 9.11. The van der Waals surface area contributed by atoms with E-state index in [1.807, 2.05) is 31.2 Å². The highest BCUT2D eigenvalue weighted by Crippen LogP contribution is 2.35. The van der Waals surface area contributed by atoms with Crippen LogP contribution >= 0.6 is 31.9 Å².